The number of rotatable bonds is 8. The molecule has 0 rings (SSSR count). The van der Waals surface area contributed by atoms with Gasteiger partial charge in [-0.1, -0.05) is 19.4 Å². The van der Waals surface area contributed by atoms with Gasteiger partial charge in [0.15, 0.2) is 0 Å². The van der Waals surface area contributed by atoms with Crippen molar-refractivity contribution in [3.05, 3.63) is 12.2 Å². The van der Waals surface area contributed by atoms with Crippen LogP contribution in [0.4, 0.5) is 0 Å². The van der Waals surface area contributed by atoms with Crippen LogP contribution in [0.1, 0.15) is 38.5 Å². The molecule has 0 aromatic rings. The monoisotopic (exact) mass is 168 g/mol. The number of allylic oxidation sites excluding steroid dienone is 1. The normalized spacial score (nSPS) is 9.33. The summed E-state index contributed by atoms with van der Waals surface area (Å²) in [5, 5.41) is 0. The first kappa shape index (κ1) is 11.1. The van der Waals surface area contributed by atoms with Crippen molar-refractivity contribution >= 4 is 12.6 Å². The summed E-state index contributed by atoms with van der Waals surface area (Å²) in [6.07, 6.45) is 7.36. The molecule has 0 N–H and O–H groups in total. The van der Waals surface area contributed by atoms with Crippen LogP contribution in [-0.2, 0) is 9.59 Å². The summed E-state index contributed by atoms with van der Waals surface area (Å²) in [5.41, 5.74) is 0.672. The molecular formula is C10H16O2. The zero-order valence-corrected chi connectivity index (χ0v) is 7.42. The summed E-state index contributed by atoms with van der Waals surface area (Å²) in [7, 11) is 0. The lowest BCUT2D eigenvalue weighted by Crippen LogP contribution is -1.84. The van der Waals surface area contributed by atoms with Gasteiger partial charge in [-0.2, -0.15) is 0 Å². The zero-order chi connectivity index (χ0) is 9.23. The summed E-state index contributed by atoms with van der Waals surface area (Å²) in [6.45, 7) is 3.58. The van der Waals surface area contributed by atoms with Gasteiger partial charge in [0.25, 0.3) is 0 Å². The average Bonchev–Trinajstić information content (AvgIpc) is 2.10. The Kier molecular flexibility index (Phi) is 7.55. The Morgan fingerprint density at radius 3 is 2.33 bits per heavy atom. The SMILES string of the molecule is C=C(C=O)CCCCCCC=O. The predicted molar refractivity (Wildman–Crippen MR) is 49.0 cm³/mol. The van der Waals surface area contributed by atoms with E-state index in [1.165, 1.54) is 0 Å². The van der Waals surface area contributed by atoms with Gasteiger partial charge in [0.1, 0.15) is 12.6 Å². The van der Waals surface area contributed by atoms with E-state index in [0.29, 0.717) is 12.0 Å². The molecule has 0 saturated heterocycles. The topological polar surface area (TPSA) is 34.1 Å². The van der Waals surface area contributed by atoms with Gasteiger partial charge in [-0.15, -0.1) is 0 Å². The zero-order valence-electron chi connectivity index (χ0n) is 7.42. The molecule has 0 amide bonds. The van der Waals surface area contributed by atoms with Gasteiger partial charge < -0.3 is 4.79 Å². The second-order valence-electron chi connectivity index (χ2n) is 2.90. The van der Waals surface area contributed by atoms with E-state index in [0.717, 1.165) is 44.7 Å². The third-order valence-electron chi connectivity index (χ3n) is 1.74. The Hall–Kier alpha value is -0.920. The third-order valence-corrected chi connectivity index (χ3v) is 1.74. The highest BCUT2D eigenvalue weighted by Crippen LogP contribution is 2.07. The molecule has 0 aliphatic heterocycles. The highest BCUT2D eigenvalue weighted by Gasteiger charge is 1.92. The predicted octanol–water partition coefficient (Wildman–Crippen LogP) is 2.28. The minimum Gasteiger partial charge on any atom is -0.303 e. The summed E-state index contributed by atoms with van der Waals surface area (Å²) >= 11 is 0. The minimum atomic E-state index is 0.661. The van der Waals surface area contributed by atoms with Crippen molar-refractivity contribution < 1.29 is 9.59 Å². The van der Waals surface area contributed by atoms with Crippen molar-refractivity contribution in [2.75, 3.05) is 0 Å². The van der Waals surface area contributed by atoms with Crippen molar-refractivity contribution in [3.63, 3.8) is 0 Å². The maximum Gasteiger partial charge on any atom is 0.145 e. The van der Waals surface area contributed by atoms with Crippen LogP contribution in [0.3, 0.4) is 0 Å². The molecule has 0 aromatic carbocycles. The Labute approximate surface area is 73.7 Å². The summed E-state index contributed by atoms with van der Waals surface area (Å²) < 4.78 is 0. The van der Waals surface area contributed by atoms with Crippen molar-refractivity contribution in [2.45, 2.75) is 38.5 Å². The van der Waals surface area contributed by atoms with Crippen LogP contribution in [0.5, 0.6) is 0 Å². The van der Waals surface area contributed by atoms with Crippen LogP contribution in [0.25, 0.3) is 0 Å². The molecule has 68 valence electrons. The fraction of sp³-hybridized carbons (Fsp3) is 0.600. The first-order chi connectivity index (χ1) is 5.81. The van der Waals surface area contributed by atoms with Gasteiger partial charge in [-0.05, 0) is 24.8 Å². The molecule has 0 aliphatic carbocycles. The van der Waals surface area contributed by atoms with E-state index in [2.05, 4.69) is 6.58 Å². The number of carbonyl (C=O) groups excluding carboxylic acids is 2. The molecule has 0 unspecified atom stereocenters. The van der Waals surface area contributed by atoms with Crippen LogP contribution in [-0.4, -0.2) is 12.6 Å². The number of hydrogen-bond donors (Lipinski definition) is 0. The van der Waals surface area contributed by atoms with Crippen molar-refractivity contribution in [1.29, 1.82) is 0 Å². The average molecular weight is 168 g/mol. The Morgan fingerprint density at radius 1 is 1.08 bits per heavy atom. The van der Waals surface area contributed by atoms with E-state index in [1.54, 1.807) is 0 Å². The smallest absolute Gasteiger partial charge is 0.145 e. The number of carbonyl (C=O) groups is 2. The molecule has 12 heavy (non-hydrogen) atoms. The molecule has 0 fully saturated rings. The van der Waals surface area contributed by atoms with Gasteiger partial charge >= 0.3 is 0 Å². The van der Waals surface area contributed by atoms with Crippen LogP contribution < -0.4 is 0 Å². The molecule has 0 heterocycles. The standard InChI is InChI=1S/C10H16O2/c1-10(9-12)7-5-3-2-4-6-8-11/h8-9H,1-7H2. The Balaban J connectivity index is 3.05. The van der Waals surface area contributed by atoms with E-state index in [-0.39, 0.29) is 0 Å². The van der Waals surface area contributed by atoms with Gasteiger partial charge in [-0.25, -0.2) is 0 Å². The summed E-state index contributed by atoms with van der Waals surface area (Å²) in [6, 6.07) is 0. The summed E-state index contributed by atoms with van der Waals surface area (Å²) in [5.74, 6) is 0. The van der Waals surface area contributed by atoms with Crippen LogP contribution in [0.15, 0.2) is 12.2 Å². The van der Waals surface area contributed by atoms with Crippen LogP contribution in [0.2, 0.25) is 0 Å². The fourth-order valence-corrected chi connectivity index (χ4v) is 0.992. The van der Waals surface area contributed by atoms with Crippen molar-refractivity contribution in [2.24, 2.45) is 0 Å². The lowest BCUT2D eigenvalue weighted by atomic mass is 10.1. The van der Waals surface area contributed by atoms with E-state index >= 15 is 0 Å². The van der Waals surface area contributed by atoms with Crippen LogP contribution >= 0.6 is 0 Å². The largest absolute Gasteiger partial charge is 0.303 e. The number of hydrogen-bond acceptors (Lipinski definition) is 2. The molecule has 0 atom stereocenters. The first-order valence-corrected chi connectivity index (χ1v) is 4.38. The molecule has 0 radical (unpaired) electrons. The molecule has 0 saturated carbocycles. The van der Waals surface area contributed by atoms with E-state index in [4.69, 9.17) is 0 Å². The Bertz CT molecular complexity index is 150. The van der Waals surface area contributed by atoms with E-state index < -0.39 is 0 Å². The maximum atomic E-state index is 10.1. The molecule has 0 aliphatic rings. The highest BCUT2D eigenvalue weighted by molar-refractivity contribution is 5.71. The second-order valence-corrected chi connectivity index (χ2v) is 2.90. The van der Waals surface area contributed by atoms with Gasteiger partial charge in [-0.3, -0.25) is 4.79 Å². The molecule has 0 aromatic heterocycles. The van der Waals surface area contributed by atoms with Gasteiger partial charge in [0.2, 0.25) is 0 Å². The van der Waals surface area contributed by atoms with E-state index in [1.807, 2.05) is 0 Å². The Morgan fingerprint density at radius 2 is 1.75 bits per heavy atom. The van der Waals surface area contributed by atoms with E-state index in [9.17, 15) is 9.59 Å². The second kappa shape index (κ2) is 8.18. The lowest BCUT2D eigenvalue weighted by molar-refractivity contribution is -0.108. The highest BCUT2D eigenvalue weighted by atomic mass is 16.1. The first-order valence-electron chi connectivity index (χ1n) is 4.38. The molecule has 0 spiro atoms. The van der Waals surface area contributed by atoms with Crippen LogP contribution in [0, 0.1) is 0 Å². The number of unbranched alkanes of at least 4 members (excludes halogenated alkanes) is 4. The maximum absolute atomic E-state index is 10.1. The lowest BCUT2D eigenvalue weighted by Gasteiger charge is -1.97. The molecule has 0 bridgehead atoms. The van der Waals surface area contributed by atoms with Gasteiger partial charge in [0.05, 0.1) is 0 Å². The quantitative estimate of drug-likeness (QED) is 0.316. The van der Waals surface area contributed by atoms with Crippen molar-refractivity contribution in [3.8, 4) is 0 Å². The molecule has 2 nitrogen and oxygen atoms in total. The fourth-order valence-electron chi connectivity index (χ4n) is 0.992. The number of aldehydes is 2. The molecular weight excluding hydrogens is 152 g/mol. The summed E-state index contributed by atoms with van der Waals surface area (Å²) in [4.78, 5) is 20.1. The molecule has 2 heteroatoms. The minimum absolute atomic E-state index is 0.661. The third kappa shape index (κ3) is 7.19. The van der Waals surface area contributed by atoms with Crippen molar-refractivity contribution in [1.82, 2.24) is 0 Å². The van der Waals surface area contributed by atoms with Gasteiger partial charge in [0, 0.05) is 6.42 Å².